The van der Waals surface area contributed by atoms with Crippen molar-refractivity contribution in [2.24, 2.45) is 0 Å². The van der Waals surface area contributed by atoms with Crippen molar-refractivity contribution in [3.63, 3.8) is 0 Å². The molecule has 0 aliphatic rings. The van der Waals surface area contributed by atoms with E-state index in [1.54, 1.807) is 0 Å². The molecule has 62 valence electrons. The van der Waals surface area contributed by atoms with E-state index in [4.69, 9.17) is 0 Å². The zero-order chi connectivity index (χ0) is 8.58. The minimum Gasteiger partial charge on any atom is -0.250 e. The Hall–Kier alpha value is 0.920. The lowest BCUT2D eigenvalue weighted by Gasteiger charge is -2.15. The summed E-state index contributed by atoms with van der Waals surface area (Å²) in [5.41, 5.74) is 0. The normalized spacial score (nSPS) is 19.0. The molecule has 0 aromatic rings. The molecule has 0 aromatic heterocycles. The molecular weight excluding hydrogens is 228 g/mol. The molecule has 9 heteroatoms. The van der Waals surface area contributed by atoms with Crippen LogP contribution in [-0.4, -0.2) is 11.5 Å². The first-order valence-corrected chi connectivity index (χ1v) is 6.88. The maximum absolute atomic E-state index is 12.0. The molecule has 0 fully saturated rings. The van der Waals surface area contributed by atoms with E-state index < -0.39 is 13.8 Å². The van der Waals surface area contributed by atoms with Gasteiger partial charge in [0.2, 0.25) is 0 Å². The Bertz CT molecular complexity index is 189. The molecule has 0 amide bonds. The summed E-state index contributed by atoms with van der Waals surface area (Å²) in [5.74, 6) is 0. The van der Waals surface area contributed by atoms with Crippen LogP contribution in [0.2, 0.25) is 0 Å². The van der Waals surface area contributed by atoms with Crippen molar-refractivity contribution in [1.82, 2.24) is 4.44 Å². The maximum atomic E-state index is 12.0. The lowest BCUT2D eigenvalue weighted by atomic mass is 11.6. The molecule has 0 saturated heterocycles. The molecule has 0 aliphatic heterocycles. The predicted octanol–water partition coefficient (Wildman–Crippen LogP) is 3.40. The standard InChI is InChI=1S/CH3ClF3NOP2S/c1-6(8(2,3)7)9(4,5)10/h1H3. The van der Waals surface area contributed by atoms with Gasteiger partial charge in [-0.1, -0.05) is 0 Å². The third-order valence-corrected chi connectivity index (χ3v) is 5.48. The fourth-order valence-corrected chi connectivity index (χ4v) is 3.06. The van der Waals surface area contributed by atoms with Crippen LogP contribution in [0, 0.1) is 0 Å². The molecule has 2 nitrogen and oxygen atoms in total. The van der Waals surface area contributed by atoms with Crippen molar-refractivity contribution in [3.8, 4) is 0 Å². The Morgan fingerprint density at radius 3 is 1.80 bits per heavy atom. The minimum atomic E-state index is -4.98. The monoisotopic (exact) mass is 231 g/mol. The van der Waals surface area contributed by atoms with E-state index in [1.807, 2.05) is 0 Å². The Kier molecular flexibility index (Phi) is 3.40. The third kappa shape index (κ3) is 3.35. The Morgan fingerprint density at radius 1 is 1.50 bits per heavy atom. The fraction of sp³-hybridized carbons (Fsp3) is 1.00. The first kappa shape index (κ1) is 10.9. The van der Waals surface area contributed by atoms with Crippen molar-refractivity contribution >= 4 is 36.8 Å². The minimum absolute atomic E-state index is 0.378. The van der Waals surface area contributed by atoms with Crippen LogP contribution in [0.5, 0.6) is 0 Å². The van der Waals surface area contributed by atoms with Crippen molar-refractivity contribution in [2.45, 2.75) is 0 Å². The summed E-state index contributed by atoms with van der Waals surface area (Å²) in [6.45, 7) is -9.86. The van der Waals surface area contributed by atoms with E-state index in [1.165, 1.54) is 0 Å². The number of nitrogens with zero attached hydrogens (tertiary/aromatic N) is 1. The first-order valence-electron chi connectivity index (χ1n) is 1.89. The average Bonchev–Trinajstić information content (AvgIpc) is 1.59. The van der Waals surface area contributed by atoms with E-state index in [9.17, 15) is 17.2 Å². The van der Waals surface area contributed by atoms with Crippen LogP contribution in [-0.2, 0) is 16.4 Å². The highest BCUT2D eigenvalue weighted by Crippen LogP contribution is 2.70. The van der Waals surface area contributed by atoms with Gasteiger partial charge in [-0.3, -0.25) is 4.57 Å². The predicted molar refractivity (Wildman–Crippen MR) is 38.8 cm³/mol. The van der Waals surface area contributed by atoms with Crippen LogP contribution in [0.4, 0.5) is 12.6 Å². The largest absolute Gasteiger partial charge is 0.406 e. The average molecular weight is 232 g/mol. The van der Waals surface area contributed by atoms with Gasteiger partial charge >= 0.3 is 13.8 Å². The zero-order valence-electron chi connectivity index (χ0n) is 4.67. The van der Waals surface area contributed by atoms with Gasteiger partial charge in [0.05, 0.1) is 0 Å². The topological polar surface area (TPSA) is 20.3 Å². The quantitative estimate of drug-likeness (QED) is 0.680. The molecule has 0 radical (unpaired) electrons. The van der Waals surface area contributed by atoms with Gasteiger partial charge in [-0.15, -0.1) is 4.44 Å². The van der Waals surface area contributed by atoms with Crippen LogP contribution in [0.25, 0.3) is 0 Å². The Balaban J connectivity index is 4.56. The lowest BCUT2D eigenvalue weighted by molar-refractivity contribution is 0.508. The third-order valence-electron chi connectivity index (χ3n) is 0.674. The van der Waals surface area contributed by atoms with Crippen LogP contribution in [0.1, 0.15) is 0 Å². The number of hydrogen-bond donors (Lipinski definition) is 0. The second-order valence-electron chi connectivity index (χ2n) is 1.36. The van der Waals surface area contributed by atoms with E-state index >= 15 is 0 Å². The summed E-state index contributed by atoms with van der Waals surface area (Å²) in [5, 5.41) is 0. The van der Waals surface area contributed by atoms with Gasteiger partial charge in [-0.2, -0.15) is 12.6 Å². The second-order valence-corrected chi connectivity index (χ2v) is 7.18. The zero-order valence-corrected chi connectivity index (χ0v) is 8.03. The molecule has 1 unspecified atom stereocenters. The van der Waals surface area contributed by atoms with Crippen LogP contribution in [0.3, 0.4) is 0 Å². The first-order chi connectivity index (χ1) is 4.15. The highest BCUT2D eigenvalue weighted by molar-refractivity contribution is 8.11. The summed E-state index contributed by atoms with van der Waals surface area (Å²) in [4.78, 5) is 0. The van der Waals surface area contributed by atoms with Gasteiger partial charge in [-0.05, 0) is 23.0 Å². The molecule has 0 spiro atoms. The fourth-order valence-electron chi connectivity index (χ4n) is 0.121. The molecule has 0 bridgehead atoms. The Labute approximate surface area is 66.0 Å². The maximum Gasteiger partial charge on any atom is 0.406 e. The van der Waals surface area contributed by atoms with Crippen molar-refractivity contribution < 1.29 is 17.2 Å². The van der Waals surface area contributed by atoms with E-state index in [0.29, 0.717) is 7.05 Å². The number of rotatable bonds is 2. The molecule has 0 aliphatic carbocycles. The molecule has 0 N–H and O–H groups in total. The van der Waals surface area contributed by atoms with Gasteiger partial charge in [0.25, 0.3) is 0 Å². The number of hydrogen-bond acceptors (Lipinski definition) is 2. The van der Waals surface area contributed by atoms with Gasteiger partial charge in [0, 0.05) is 7.05 Å². The summed E-state index contributed by atoms with van der Waals surface area (Å²) < 4.78 is 45.6. The van der Waals surface area contributed by atoms with E-state index in [0.717, 1.165) is 0 Å². The van der Waals surface area contributed by atoms with Crippen molar-refractivity contribution in [2.75, 3.05) is 7.05 Å². The summed E-state index contributed by atoms with van der Waals surface area (Å²) in [7, 11) is 0.592. The lowest BCUT2D eigenvalue weighted by Crippen LogP contribution is -1.99. The highest BCUT2D eigenvalue weighted by Gasteiger charge is 2.36. The molecule has 1 atom stereocenters. The Morgan fingerprint density at radius 2 is 1.80 bits per heavy atom. The molecule has 10 heavy (non-hydrogen) atoms. The molecule has 0 saturated carbocycles. The molecule has 0 heterocycles. The van der Waals surface area contributed by atoms with Crippen LogP contribution >= 0.6 is 25.0 Å². The van der Waals surface area contributed by atoms with Gasteiger partial charge in [0.15, 0.2) is 0 Å². The SMILES string of the molecule is CN(P(=O)(F)Cl)P(F)(F)=S. The van der Waals surface area contributed by atoms with Gasteiger partial charge in [0.1, 0.15) is 0 Å². The van der Waals surface area contributed by atoms with Crippen molar-refractivity contribution in [1.29, 1.82) is 0 Å². The van der Waals surface area contributed by atoms with E-state index in [2.05, 4.69) is 23.0 Å². The highest BCUT2D eigenvalue weighted by atomic mass is 35.7. The molecule has 0 aromatic carbocycles. The second kappa shape index (κ2) is 3.11. The van der Waals surface area contributed by atoms with Gasteiger partial charge < -0.3 is 0 Å². The molecular formula is CH3ClF3NOP2S. The van der Waals surface area contributed by atoms with Gasteiger partial charge in [-0.25, -0.2) is 0 Å². The summed E-state index contributed by atoms with van der Waals surface area (Å²) >= 11 is 8.03. The molecule has 0 rings (SSSR count). The van der Waals surface area contributed by atoms with E-state index in [-0.39, 0.29) is 4.44 Å². The smallest absolute Gasteiger partial charge is 0.250 e. The van der Waals surface area contributed by atoms with Crippen LogP contribution < -0.4 is 0 Å². The summed E-state index contributed by atoms with van der Waals surface area (Å²) in [6, 6.07) is 0. The number of halogens is 4. The van der Waals surface area contributed by atoms with Crippen LogP contribution in [0.15, 0.2) is 0 Å². The van der Waals surface area contributed by atoms with Crippen molar-refractivity contribution in [3.05, 3.63) is 0 Å². The summed E-state index contributed by atoms with van der Waals surface area (Å²) in [6.07, 6.45) is 0.